The van der Waals surface area contributed by atoms with Crippen molar-refractivity contribution in [1.29, 1.82) is 0 Å². The van der Waals surface area contributed by atoms with Crippen LogP contribution in [0.15, 0.2) is 36.7 Å². The van der Waals surface area contributed by atoms with Crippen molar-refractivity contribution >= 4 is 22.9 Å². The minimum atomic E-state index is -0.126. The summed E-state index contributed by atoms with van der Waals surface area (Å²) in [5.74, 6) is 0.585. The van der Waals surface area contributed by atoms with Crippen LogP contribution < -0.4 is 5.32 Å². The van der Waals surface area contributed by atoms with E-state index in [9.17, 15) is 4.79 Å². The standard InChI is InChI=1S/C21H22N6OS/c1-13(21-23-15-6-3-4-8-17(15)29-21)22-20(28)14-9-10-18-24-25-19(27(18)12-14)16-7-5-11-26(16)2/h5,7,9-13H,3-4,6,8H2,1-2H3,(H,22,28). The number of amides is 1. The highest BCUT2D eigenvalue weighted by atomic mass is 32.1. The SMILES string of the molecule is CC(NC(=O)c1ccc2nnc(-c3cccn3C)n2c1)c1nc2c(s1)CCCC2. The number of thiazole rings is 1. The second-order valence-electron chi connectivity index (χ2n) is 7.50. The van der Waals surface area contributed by atoms with E-state index in [4.69, 9.17) is 4.98 Å². The van der Waals surface area contributed by atoms with Gasteiger partial charge in [-0.05, 0) is 56.9 Å². The van der Waals surface area contributed by atoms with Gasteiger partial charge in [0.1, 0.15) is 5.01 Å². The summed E-state index contributed by atoms with van der Waals surface area (Å²) in [6, 6.07) is 7.43. The number of pyridine rings is 1. The van der Waals surface area contributed by atoms with E-state index in [0.717, 1.165) is 23.5 Å². The fraction of sp³-hybridized carbons (Fsp3) is 0.333. The van der Waals surface area contributed by atoms with Gasteiger partial charge in [0.25, 0.3) is 5.91 Å². The quantitative estimate of drug-likeness (QED) is 0.562. The molecule has 5 rings (SSSR count). The predicted molar refractivity (Wildman–Crippen MR) is 112 cm³/mol. The summed E-state index contributed by atoms with van der Waals surface area (Å²) >= 11 is 1.73. The maximum Gasteiger partial charge on any atom is 0.253 e. The average molecular weight is 407 g/mol. The number of carbonyl (C=O) groups excluding carboxylic acids is 1. The molecule has 0 fully saturated rings. The third-order valence-corrected chi connectivity index (χ3v) is 6.76. The Labute approximate surface area is 172 Å². The first-order valence-electron chi connectivity index (χ1n) is 9.86. The first-order chi connectivity index (χ1) is 14.1. The minimum Gasteiger partial charge on any atom is -0.348 e. The maximum atomic E-state index is 12.9. The predicted octanol–water partition coefficient (Wildman–Crippen LogP) is 3.56. The molecule has 4 heterocycles. The third-order valence-electron chi connectivity index (χ3n) is 5.42. The molecule has 0 aliphatic heterocycles. The summed E-state index contributed by atoms with van der Waals surface area (Å²) in [6.45, 7) is 1.99. The average Bonchev–Trinajstić information content (AvgIpc) is 3.44. The van der Waals surface area contributed by atoms with Crippen molar-refractivity contribution < 1.29 is 4.79 Å². The summed E-state index contributed by atoms with van der Waals surface area (Å²) in [4.78, 5) is 19.1. The molecule has 1 unspecified atom stereocenters. The van der Waals surface area contributed by atoms with Gasteiger partial charge in [-0.3, -0.25) is 9.20 Å². The molecule has 0 aromatic carbocycles. The molecule has 1 amide bonds. The molecule has 0 radical (unpaired) electrons. The van der Waals surface area contributed by atoms with E-state index in [1.165, 1.54) is 23.4 Å². The molecule has 7 nitrogen and oxygen atoms in total. The summed E-state index contributed by atoms with van der Waals surface area (Å²) < 4.78 is 3.84. The monoisotopic (exact) mass is 406 g/mol. The molecular weight excluding hydrogens is 384 g/mol. The third kappa shape index (κ3) is 3.23. The topological polar surface area (TPSA) is 77.1 Å². The molecule has 29 heavy (non-hydrogen) atoms. The number of aromatic nitrogens is 5. The van der Waals surface area contributed by atoms with E-state index >= 15 is 0 Å². The van der Waals surface area contributed by atoms with Crippen LogP contribution in [0, 0.1) is 0 Å². The van der Waals surface area contributed by atoms with Crippen LogP contribution in [0.25, 0.3) is 17.2 Å². The number of nitrogens with zero attached hydrogens (tertiary/aromatic N) is 5. The van der Waals surface area contributed by atoms with Crippen molar-refractivity contribution in [3.63, 3.8) is 0 Å². The largest absolute Gasteiger partial charge is 0.348 e. The Morgan fingerprint density at radius 3 is 2.86 bits per heavy atom. The number of carbonyl (C=O) groups is 1. The van der Waals surface area contributed by atoms with E-state index in [-0.39, 0.29) is 11.9 Å². The van der Waals surface area contributed by atoms with Crippen LogP contribution in [-0.4, -0.2) is 30.1 Å². The summed E-state index contributed by atoms with van der Waals surface area (Å²) in [5.41, 5.74) is 3.44. The van der Waals surface area contributed by atoms with Crippen molar-refractivity contribution in [2.45, 2.75) is 38.6 Å². The summed E-state index contributed by atoms with van der Waals surface area (Å²) in [7, 11) is 1.96. The highest BCUT2D eigenvalue weighted by Crippen LogP contribution is 2.30. The zero-order valence-corrected chi connectivity index (χ0v) is 17.2. The van der Waals surface area contributed by atoms with Crippen LogP contribution in [0.2, 0.25) is 0 Å². The van der Waals surface area contributed by atoms with Gasteiger partial charge in [0.05, 0.1) is 23.0 Å². The number of hydrogen-bond donors (Lipinski definition) is 1. The molecule has 1 aliphatic carbocycles. The Hall–Kier alpha value is -3.00. The van der Waals surface area contributed by atoms with Gasteiger partial charge in [-0.15, -0.1) is 21.5 Å². The van der Waals surface area contributed by atoms with Gasteiger partial charge in [0.2, 0.25) is 0 Å². The van der Waals surface area contributed by atoms with Gasteiger partial charge in [-0.25, -0.2) is 4.98 Å². The van der Waals surface area contributed by atoms with Crippen LogP contribution in [0.4, 0.5) is 0 Å². The van der Waals surface area contributed by atoms with Crippen LogP contribution >= 0.6 is 11.3 Å². The normalized spacial score (nSPS) is 14.7. The molecule has 148 valence electrons. The fourth-order valence-electron chi connectivity index (χ4n) is 3.79. The summed E-state index contributed by atoms with van der Waals surface area (Å²) in [6.07, 6.45) is 8.37. The lowest BCUT2D eigenvalue weighted by Gasteiger charge is -2.11. The second-order valence-corrected chi connectivity index (χ2v) is 8.61. The van der Waals surface area contributed by atoms with Crippen LogP contribution in [0.5, 0.6) is 0 Å². The fourth-order valence-corrected chi connectivity index (χ4v) is 4.95. The lowest BCUT2D eigenvalue weighted by atomic mass is 10.0. The second kappa shape index (κ2) is 7.11. The molecule has 0 bridgehead atoms. The van der Waals surface area contributed by atoms with E-state index in [1.807, 2.05) is 47.3 Å². The van der Waals surface area contributed by atoms with Crippen LogP contribution in [-0.2, 0) is 19.9 Å². The molecular formula is C21H22N6OS. The Kier molecular flexibility index (Phi) is 4.43. The van der Waals surface area contributed by atoms with Crippen molar-refractivity contribution in [3.05, 3.63) is 57.8 Å². The van der Waals surface area contributed by atoms with Gasteiger partial charge in [0, 0.05) is 24.3 Å². The molecule has 4 aromatic rings. The molecule has 8 heteroatoms. The molecule has 1 N–H and O–H groups in total. The Morgan fingerprint density at radius 2 is 2.07 bits per heavy atom. The highest BCUT2D eigenvalue weighted by molar-refractivity contribution is 7.11. The van der Waals surface area contributed by atoms with Crippen molar-refractivity contribution in [2.75, 3.05) is 0 Å². The van der Waals surface area contributed by atoms with Gasteiger partial charge in [-0.2, -0.15) is 0 Å². The lowest BCUT2D eigenvalue weighted by Crippen LogP contribution is -2.26. The van der Waals surface area contributed by atoms with Crippen molar-refractivity contribution in [2.24, 2.45) is 7.05 Å². The Morgan fingerprint density at radius 1 is 1.21 bits per heavy atom. The molecule has 4 aromatic heterocycles. The number of rotatable bonds is 4. The number of fused-ring (bicyclic) bond motifs is 2. The molecule has 0 saturated carbocycles. The molecule has 0 spiro atoms. The van der Waals surface area contributed by atoms with E-state index in [0.29, 0.717) is 17.0 Å². The summed E-state index contributed by atoms with van der Waals surface area (Å²) in [5, 5.41) is 12.6. The molecule has 0 saturated heterocycles. The zero-order chi connectivity index (χ0) is 20.0. The first-order valence-corrected chi connectivity index (χ1v) is 10.7. The first kappa shape index (κ1) is 18.1. The van der Waals surface area contributed by atoms with Crippen molar-refractivity contribution in [1.82, 2.24) is 29.5 Å². The van der Waals surface area contributed by atoms with E-state index < -0.39 is 0 Å². The van der Waals surface area contributed by atoms with Gasteiger partial charge >= 0.3 is 0 Å². The van der Waals surface area contributed by atoms with Gasteiger partial charge < -0.3 is 9.88 Å². The maximum absolute atomic E-state index is 12.9. The lowest BCUT2D eigenvalue weighted by molar-refractivity contribution is 0.0939. The zero-order valence-electron chi connectivity index (χ0n) is 16.4. The van der Waals surface area contributed by atoms with Crippen molar-refractivity contribution in [3.8, 4) is 11.5 Å². The molecule has 1 atom stereocenters. The van der Waals surface area contributed by atoms with Crippen LogP contribution in [0.3, 0.4) is 0 Å². The smallest absolute Gasteiger partial charge is 0.253 e. The molecule has 1 aliphatic rings. The Balaban J connectivity index is 1.41. The number of hydrogen-bond acceptors (Lipinski definition) is 5. The highest BCUT2D eigenvalue weighted by Gasteiger charge is 2.20. The number of aryl methyl sites for hydroxylation is 3. The van der Waals surface area contributed by atoms with Gasteiger partial charge in [-0.1, -0.05) is 0 Å². The number of nitrogens with one attached hydrogen (secondary N) is 1. The minimum absolute atomic E-state index is 0.123. The van der Waals surface area contributed by atoms with E-state index in [1.54, 1.807) is 23.6 Å². The van der Waals surface area contributed by atoms with E-state index in [2.05, 4.69) is 15.5 Å². The van der Waals surface area contributed by atoms with Gasteiger partial charge in [0.15, 0.2) is 11.5 Å². The Bertz CT molecular complexity index is 1180. The van der Waals surface area contributed by atoms with Crippen LogP contribution in [0.1, 0.15) is 51.7 Å².